The highest BCUT2D eigenvalue weighted by atomic mass is 16.6. The molecule has 1 fully saturated rings. The second-order valence-electron chi connectivity index (χ2n) is 6.10. The summed E-state index contributed by atoms with van der Waals surface area (Å²) in [4.78, 5) is 35.8. The van der Waals surface area contributed by atoms with Gasteiger partial charge in [0.15, 0.2) is 6.10 Å². The van der Waals surface area contributed by atoms with Gasteiger partial charge in [0, 0.05) is 19.2 Å². The molecule has 0 aromatic heterocycles. The van der Waals surface area contributed by atoms with Gasteiger partial charge in [-0.1, -0.05) is 6.92 Å². The summed E-state index contributed by atoms with van der Waals surface area (Å²) in [5.74, 6) is -1.14. The lowest BCUT2D eigenvalue weighted by molar-refractivity contribution is -0.384. The van der Waals surface area contributed by atoms with Crippen molar-refractivity contribution in [3.8, 4) is 0 Å². The first-order valence-corrected chi connectivity index (χ1v) is 7.83. The van der Waals surface area contributed by atoms with Gasteiger partial charge in [-0.3, -0.25) is 14.9 Å². The Morgan fingerprint density at radius 2 is 2.17 bits per heavy atom. The largest absolute Gasteiger partial charge is 0.449 e. The molecular weight excluding hydrogens is 314 g/mol. The Hall–Kier alpha value is -2.64. The molecule has 24 heavy (non-hydrogen) atoms. The predicted molar refractivity (Wildman–Crippen MR) is 87.8 cm³/mol. The molecule has 2 N–H and O–H groups in total. The minimum atomic E-state index is -1.10. The molecule has 0 aliphatic carbocycles. The molecule has 0 radical (unpaired) electrons. The highest BCUT2D eigenvalue weighted by Crippen LogP contribution is 2.32. The number of ether oxygens (including phenoxy) is 1. The number of nitro benzene ring substituents is 1. The number of hydrogen-bond donors (Lipinski definition) is 1. The number of primary amides is 1. The Morgan fingerprint density at radius 1 is 1.46 bits per heavy atom. The maximum Gasteiger partial charge on any atom is 0.339 e. The van der Waals surface area contributed by atoms with Crippen LogP contribution in [0.1, 0.15) is 37.0 Å². The summed E-state index contributed by atoms with van der Waals surface area (Å²) in [6.07, 6.45) is 0.969. The smallest absolute Gasteiger partial charge is 0.339 e. The molecule has 2 rings (SSSR count). The molecule has 1 aliphatic heterocycles. The van der Waals surface area contributed by atoms with Crippen molar-refractivity contribution in [3.05, 3.63) is 33.9 Å². The van der Waals surface area contributed by atoms with Crippen LogP contribution >= 0.6 is 0 Å². The number of piperidine rings is 1. The van der Waals surface area contributed by atoms with E-state index >= 15 is 0 Å². The lowest BCUT2D eigenvalue weighted by Crippen LogP contribution is -2.34. The van der Waals surface area contributed by atoms with E-state index in [-0.39, 0.29) is 11.3 Å². The standard InChI is InChI=1S/C16H21N3O5/c1-10-4-3-7-18(9-10)13-6-5-12(8-14(13)19(22)23)16(21)24-11(2)15(17)20/h5-6,8,10-11H,3-4,7,9H2,1-2H3,(H2,17,20)/t10-,11-/m1/s1. The average Bonchev–Trinajstić information content (AvgIpc) is 2.54. The highest BCUT2D eigenvalue weighted by Gasteiger charge is 2.26. The molecule has 1 aromatic carbocycles. The van der Waals surface area contributed by atoms with Gasteiger partial charge in [-0.15, -0.1) is 0 Å². The number of nitro groups is 1. The number of benzene rings is 1. The summed E-state index contributed by atoms with van der Waals surface area (Å²) in [7, 11) is 0. The number of anilines is 1. The summed E-state index contributed by atoms with van der Waals surface area (Å²) in [6, 6.07) is 4.21. The van der Waals surface area contributed by atoms with Crippen LogP contribution in [0.15, 0.2) is 18.2 Å². The first kappa shape index (κ1) is 17.7. The van der Waals surface area contributed by atoms with E-state index in [9.17, 15) is 19.7 Å². The van der Waals surface area contributed by atoms with E-state index in [0.717, 1.165) is 25.9 Å². The van der Waals surface area contributed by atoms with Gasteiger partial charge in [0.2, 0.25) is 0 Å². The van der Waals surface area contributed by atoms with Gasteiger partial charge in [-0.25, -0.2) is 4.79 Å². The number of nitrogens with two attached hydrogens (primary N) is 1. The first-order chi connectivity index (χ1) is 11.3. The fourth-order valence-corrected chi connectivity index (χ4v) is 2.76. The minimum Gasteiger partial charge on any atom is -0.449 e. The summed E-state index contributed by atoms with van der Waals surface area (Å²) in [5.41, 5.74) is 5.41. The van der Waals surface area contributed by atoms with Gasteiger partial charge in [0.1, 0.15) is 5.69 Å². The monoisotopic (exact) mass is 335 g/mol. The molecule has 8 heteroatoms. The molecule has 8 nitrogen and oxygen atoms in total. The molecule has 0 saturated carbocycles. The Kier molecular flexibility index (Phi) is 5.38. The third-order valence-electron chi connectivity index (χ3n) is 4.09. The molecule has 0 unspecified atom stereocenters. The average molecular weight is 335 g/mol. The first-order valence-electron chi connectivity index (χ1n) is 7.83. The van der Waals surface area contributed by atoms with E-state index < -0.39 is 22.9 Å². The fourth-order valence-electron chi connectivity index (χ4n) is 2.76. The van der Waals surface area contributed by atoms with Gasteiger partial charge < -0.3 is 15.4 Å². The zero-order valence-electron chi connectivity index (χ0n) is 13.7. The lowest BCUT2D eigenvalue weighted by Gasteiger charge is -2.32. The van der Waals surface area contributed by atoms with Crippen molar-refractivity contribution in [1.82, 2.24) is 0 Å². The van der Waals surface area contributed by atoms with Gasteiger partial charge >= 0.3 is 5.97 Å². The third kappa shape index (κ3) is 4.01. The number of esters is 1. The molecule has 1 aromatic rings. The van der Waals surface area contributed by atoms with Crippen molar-refractivity contribution in [3.63, 3.8) is 0 Å². The van der Waals surface area contributed by atoms with Gasteiger partial charge in [0.05, 0.1) is 10.5 Å². The Bertz CT molecular complexity index is 661. The quantitative estimate of drug-likeness (QED) is 0.499. The number of carbonyl (C=O) groups excluding carboxylic acids is 2. The molecule has 1 saturated heterocycles. The Balaban J connectivity index is 2.28. The van der Waals surface area contributed by atoms with Crippen molar-refractivity contribution >= 4 is 23.3 Å². The number of hydrogen-bond acceptors (Lipinski definition) is 6. The zero-order chi connectivity index (χ0) is 17.9. The molecule has 1 amide bonds. The number of carbonyl (C=O) groups is 2. The van der Waals surface area contributed by atoms with Crippen molar-refractivity contribution in [2.45, 2.75) is 32.8 Å². The molecule has 2 atom stereocenters. The predicted octanol–water partition coefficient (Wildman–Crippen LogP) is 1.86. The third-order valence-corrected chi connectivity index (χ3v) is 4.09. The SMILES string of the molecule is C[C@@H]1CCCN(c2ccc(C(=O)O[C@H](C)C(N)=O)cc2[N+](=O)[O-])C1. The maximum atomic E-state index is 12.0. The van der Waals surface area contributed by atoms with E-state index in [1.165, 1.54) is 19.1 Å². The molecule has 1 aliphatic rings. The topological polar surface area (TPSA) is 116 Å². The van der Waals surface area contributed by atoms with E-state index in [4.69, 9.17) is 10.5 Å². The molecule has 0 spiro atoms. The zero-order valence-corrected chi connectivity index (χ0v) is 13.7. The molecule has 130 valence electrons. The summed E-state index contributed by atoms with van der Waals surface area (Å²) >= 11 is 0. The van der Waals surface area contributed by atoms with Gasteiger partial charge in [0.25, 0.3) is 11.6 Å². The van der Waals surface area contributed by atoms with E-state index in [1.807, 2.05) is 4.90 Å². The summed E-state index contributed by atoms with van der Waals surface area (Å²) in [5, 5.41) is 11.4. The second kappa shape index (κ2) is 7.29. The number of rotatable bonds is 5. The van der Waals surface area contributed by atoms with Crippen LogP contribution in [0.5, 0.6) is 0 Å². The van der Waals surface area contributed by atoms with Crippen LogP contribution in [0.3, 0.4) is 0 Å². The van der Waals surface area contributed by atoms with Crippen LogP contribution in [-0.2, 0) is 9.53 Å². The normalized spacial score (nSPS) is 18.8. The van der Waals surface area contributed by atoms with Crippen LogP contribution in [0, 0.1) is 16.0 Å². The maximum absolute atomic E-state index is 12.0. The highest BCUT2D eigenvalue weighted by molar-refractivity contribution is 5.93. The Morgan fingerprint density at radius 3 is 2.75 bits per heavy atom. The fraction of sp³-hybridized carbons (Fsp3) is 0.500. The van der Waals surface area contributed by atoms with E-state index in [1.54, 1.807) is 6.07 Å². The van der Waals surface area contributed by atoms with Crippen molar-refractivity contribution in [1.29, 1.82) is 0 Å². The number of nitrogens with zero attached hydrogens (tertiary/aromatic N) is 2. The second-order valence-corrected chi connectivity index (χ2v) is 6.10. The number of amides is 1. The van der Waals surface area contributed by atoms with E-state index in [0.29, 0.717) is 11.6 Å². The van der Waals surface area contributed by atoms with Gasteiger partial charge in [-0.05, 0) is 37.8 Å². The Labute approximate surface area is 139 Å². The van der Waals surface area contributed by atoms with Crippen LogP contribution in [0.2, 0.25) is 0 Å². The molecule has 1 heterocycles. The summed E-state index contributed by atoms with van der Waals surface area (Å²) in [6.45, 7) is 4.93. The van der Waals surface area contributed by atoms with Crippen molar-refractivity contribution in [2.24, 2.45) is 11.7 Å². The van der Waals surface area contributed by atoms with E-state index in [2.05, 4.69) is 6.92 Å². The van der Waals surface area contributed by atoms with Crippen LogP contribution in [0.4, 0.5) is 11.4 Å². The van der Waals surface area contributed by atoms with Gasteiger partial charge in [-0.2, -0.15) is 0 Å². The van der Waals surface area contributed by atoms with Crippen LogP contribution < -0.4 is 10.6 Å². The molecular formula is C16H21N3O5. The van der Waals surface area contributed by atoms with Crippen LogP contribution in [-0.4, -0.2) is 36.0 Å². The summed E-state index contributed by atoms with van der Waals surface area (Å²) < 4.78 is 4.89. The van der Waals surface area contributed by atoms with Crippen molar-refractivity contribution < 1.29 is 19.2 Å². The van der Waals surface area contributed by atoms with Crippen LogP contribution in [0.25, 0.3) is 0 Å². The minimum absolute atomic E-state index is 0.0172. The molecule has 0 bridgehead atoms. The lowest BCUT2D eigenvalue weighted by atomic mass is 9.99. The van der Waals surface area contributed by atoms with Crippen molar-refractivity contribution in [2.75, 3.05) is 18.0 Å².